The Morgan fingerprint density at radius 3 is 2.33 bits per heavy atom. The summed E-state index contributed by atoms with van der Waals surface area (Å²) < 4.78 is 11.7. The summed E-state index contributed by atoms with van der Waals surface area (Å²) in [6.07, 6.45) is 13.9. The molecule has 2 saturated heterocycles. The van der Waals surface area contributed by atoms with Gasteiger partial charge in [0.05, 0.1) is 29.8 Å². The van der Waals surface area contributed by atoms with Gasteiger partial charge in [-0.25, -0.2) is 0 Å². The zero-order valence-corrected chi connectivity index (χ0v) is 17.0. The fourth-order valence-electron chi connectivity index (χ4n) is 8.01. The standard InChI is InChI=1S/C23H36O4/c1-3-22(21(24)25)10-4-5-14(2)23(22,16-7-9-18-20(12-16)27-18)13-15-6-8-17-19(11-15)26-17/h14-20H,3-13H2,1-2H3,(H,24,25). The molecule has 5 fully saturated rings. The monoisotopic (exact) mass is 376 g/mol. The third-order valence-corrected chi connectivity index (χ3v) is 9.50. The third-order valence-electron chi connectivity index (χ3n) is 9.50. The molecular formula is C23H36O4. The number of rotatable bonds is 5. The van der Waals surface area contributed by atoms with E-state index < -0.39 is 11.4 Å². The van der Waals surface area contributed by atoms with Crippen LogP contribution in [0.3, 0.4) is 0 Å². The van der Waals surface area contributed by atoms with Crippen molar-refractivity contribution in [2.45, 2.75) is 109 Å². The topological polar surface area (TPSA) is 62.4 Å². The molecule has 152 valence electrons. The van der Waals surface area contributed by atoms with Crippen molar-refractivity contribution >= 4 is 5.97 Å². The van der Waals surface area contributed by atoms with E-state index in [-0.39, 0.29) is 5.41 Å². The van der Waals surface area contributed by atoms with Gasteiger partial charge in [-0.2, -0.15) is 0 Å². The molecule has 4 nitrogen and oxygen atoms in total. The van der Waals surface area contributed by atoms with Crippen molar-refractivity contribution in [3.63, 3.8) is 0 Å². The van der Waals surface area contributed by atoms with E-state index in [2.05, 4.69) is 13.8 Å². The molecule has 5 aliphatic rings. The van der Waals surface area contributed by atoms with Gasteiger partial charge in [-0.1, -0.05) is 26.7 Å². The molecule has 3 aliphatic carbocycles. The number of epoxide rings is 2. The van der Waals surface area contributed by atoms with Crippen LogP contribution >= 0.6 is 0 Å². The second-order valence-electron chi connectivity index (χ2n) is 10.4. The summed E-state index contributed by atoms with van der Waals surface area (Å²) in [5.74, 6) is 1.11. The molecule has 0 spiro atoms. The minimum atomic E-state index is -0.557. The Bertz CT molecular complexity index is 605. The summed E-state index contributed by atoms with van der Waals surface area (Å²) in [6, 6.07) is 0. The van der Waals surface area contributed by atoms with E-state index in [9.17, 15) is 9.90 Å². The van der Waals surface area contributed by atoms with Crippen LogP contribution < -0.4 is 0 Å². The first-order valence-corrected chi connectivity index (χ1v) is 11.5. The Hall–Kier alpha value is -0.610. The van der Waals surface area contributed by atoms with Crippen LogP contribution in [-0.2, 0) is 14.3 Å². The van der Waals surface area contributed by atoms with Crippen molar-refractivity contribution in [1.82, 2.24) is 0 Å². The molecule has 27 heavy (non-hydrogen) atoms. The lowest BCUT2D eigenvalue weighted by Crippen LogP contribution is -2.59. The van der Waals surface area contributed by atoms with E-state index in [0.717, 1.165) is 51.4 Å². The van der Waals surface area contributed by atoms with Crippen molar-refractivity contribution in [1.29, 1.82) is 0 Å². The van der Waals surface area contributed by atoms with Gasteiger partial charge in [0.25, 0.3) is 0 Å². The summed E-state index contributed by atoms with van der Waals surface area (Å²) in [5.41, 5.74) is -0.631. The number of carbonyl (C=O) groups is 1. The highest BCUT2D eigenvalue weighted by Gasteiger charge is 2.65. The molecule has 0 aromatic carbocycles. The Kier molecular flexibility index (Phi) is 4.40. The van der Waals surface area contributed by atoms with Gasteiger partial charge in [0.15, 0.2) is 0 Å². The average Bonchev–Trinajstić information content (AvgIpc) is 3.56. The summed E-state index contributed by atoms with van der Waals surface area (Å²) in [4.78, 5) is 12.9. The van der Waals surface area contributed by atoms with Gasteiger partial charge < -0.3 is 14.6 Å². The molecule has 2 aliphatic heterocycles. The van der Waals surface area contributed by atoms with E-state index in [4.69, 9.17) is 9.47 Å². The molecule has 9 atom stereocenters. The predicted octanol–water partition coefficient (Wildman–Crippen LogP) is 4.80. The third kappa shape index (κ3) is 2.73. The highest BCUT2D eigenvalue weighted by atomic mass is 16.6. The summed E-state index contributed by atoms with van der Waals surface area (Å²) >= 11 is 0. The van der Waals surface area contributed by atoms with Gasteiger partial charge in [-0.3, -0.25) is 4.79 Å². The lowest BCUT2D eigenvalue weighted by molar-refractivity contribution is -0.184. The number of carboxylic acid groups (broad SMARTS) is 1. The Morgan fingerprint density at radius 2 is 1.70 bits per heavy atom. The van der Waals surface area contributed by atoms with Gasteiger partial charge in [0.2, 0.25) is 0 Å². The van der Waals surface area contributed by atoms with Gasteiger partial charge in [-0.05, 0) is 81.0 Å². The van der Waals surface area contributed by atoms with Crippen molar-refractivity contribution < 1.29 is 19.4 Å². The molecule has 3 saturated carbocycles. The molecule has 5 rings (SSSR count). The maximum Gasteiger partial charge on any atom is 0.310 e. The zero-order chi connectivity index (χ0) is 18.8. The fourth-order valence-corrected chi connectivity index (χ4v) is 8.01. The van der Waals surface area contributed by atoms with Crippen LogP contribution in [-0.4, -0.2) is 35.5 Å². The first-order chi connectivity index (χ1) is 13.0. The van der Waals surface area contributed by atoms with Gasteiger partial charge in [0, 0.05) is 0 Å². The maximum atomic E-state index is 12.9. The molecule has 0 bridgehead atoms. The highest BCUT2D eigenvalue weighted by molar-refractivity contribution is 5.76. The van der Waals surface area contributed by atoms with E-state index in [1.165, 1.54) is 19.3 Å². The molecule has 1 N–H and O–H groups in total. The quantitative estimate of drug-likeness (QED) is 0.700. The lowest BCUT2D eigenvalue weighted by Gasteiger charge is -2.60. The van der Waals surface area contributed by atoms with Crippen LogP contribution in [0.2, 0.25) is 0 Å². The Labute approximate surface area is 163 Å². The summed E-state index contributed by atoms with van der Waals surface area (Å²) in [5, 5.41) is 10.6. The molecule has 9 unspecified atom stereocenters. The van der Waals surface area contributed by atoms with E-state index in [0.29, 0.717) is 42.2 Å². The van der Waals surface area contributed by atoms with Crippen LogP contribution in [0.5, 0.6) is 0 Å². The Morgan fingerprint density at radius 1 is 1.00 bits per heavy atom. The first kappa shape index (κ1) is 18.4. The van der Waals surface area contributed by atoms with Gasteiger partial charge in [0.1, 0.15) is 0 Å². The molecule has 4 heteroatoms. The summed E-state index contributed by atoms with van der Waals surface area (Å²) in [7, 11) is 0. The molecule has 0 aromatic heterocycles. The number of carboxylic acids is 1. The predicted molar refractivity (Wildman–Crippen MR) is 102 cm³/mol. The normalized spacial score (nSPS) is 53.9. The smallest absolute Gasteiger partial charge is 0.310 e. The lowest BCUT2D eigenvalue weighted by atomic mass is 9.42. The maximum absolute atomic E-state index is 12.9. The van der Waals surface area contributed by atoms with E-state index in [1.807, 2.05) is 0 Å². The van der Waals surface area contributed by atoms with Crippen LogP contribution in [0, 0.1) is 28.6 Å². The van der Waals surface area contributed by atoms with Crippen molar-refractivity contribution in [3.8, 4) is 0 Å². The van der Waals surface area contributed by atoms with Crippen LogP contribution in [0.25, 0.3) is 0 Å². The number of ether oxygens (including phenoxy) is 2. The largest absolute Gasteiger partial charge is 0.481 e. The van der Waals surface area contributed by atoms with Crippen molar-refractivity contribution in [2.24, 2.45) is 28.6 Å². The van der Waals surface area contributed by atoms with Crippen LogP contribution in [0.4, 0.5) is 0 Å². The van der Waals surface area contributed by atoms with Crippen LogP contribution in [0.1, 0.15) is 84.5 Å². The number of fused-ring (bicyclic) bond motifs is 2. The van der Waals surface area contributed by atoms with Crippen molar-refractivity contribution in [2.75, 3.05) is 0 Å². The van der Waals surface area contributed by atoms with Gasteiger partial charge in [-0.15, -0.1) is 0 Å². The second-order valence-corrected chi connectivity index (χ2v) is 10.4. The molecule has 2 heterocycles. The number of aliphatic carboxylic acids is 1. The number of hydrogen-bond acceptors (Lipinski definition) is 3. The summed E-state index contributed by atoms with van der Waals surface area (Å²) in [6.45, 7) is 4.52. The zero-order valence-electron chi connectivity index (χ0n) is 17.0. The molecule has 0 aromatic rings. The SMILES string of the molecule is CCC1(C(=O)O)CCCC(C)C1(CC1CCC2OC2C1)C1CCC2OC2C1. The fraction of sp³-hybridized carbons (Fsp3) is 0.957. The average molecular weight is 377 g/mol. The Balaban J connectivity index is 1.53. The van der Waals surface area contributed by atoms with Gasteiger partial charge >= 0.3 is 5.97 Å². The first-order valence-electron chi connectivity index (χ1n) is 11.5. The minimum absolute atomic E-state index is 0.0743. The molecule has 0 radical (unpaired) electrons. The highest BCUT2D eigenvalue weighted by Crippen LogP contribution is 2.67. The second kappa shape index (κ2) is 6.45. The van der Waals surface area contributed by atoms with Crippen molar-refractivity contribution in [3.05, 3.63) is 0 Å². The molecule has 0 amide bonds. The van der Waals surface area contributed by atoms with Crippen LogP contribution in [0.15, 0.2) is 0 Å². The van der Waals surface area contributed by atoms with E-state index in [1.54, 1.807) is 0 Å². The molecular weight excluding hydrogens is 340 g/mol. The van der Waals surface area contributed by atoms with E-state index >= 15 is 0 Å². The minimum Gasteiger partial charge on any atom is -0.481 e. The number of hydrogen-bond donors (Lipinski definition) is 1.